The zero-order valence-corrected chi connectivity index (χ0v) is 9.72. The number of likely N-dealkylation sites (N-methyl/N-ethyl adjacent to an activating group) is 1. The third kappa shape index (κ3) is 2.19. The normalized spacial score (nSPS) is 18.1. The Labute approximate surface area is 95.4 Å². The fourth-order valence-corrected chi connectivity index (χ4v) is 2.28. The van der Waals surface area contributed by atoms with Crippen LogP contribution in [0.1, 0.15) is 0 Å². The molecule has 1 aromatic carbocycles. The Hall–Kier alpha value is -0.930. The molecule has 0 bridgehead atoms. The highest BCUT2D eigenvalue weighted by Gasteiger charge is 2.20. The van der Waals surface area contributed by atoms with E-state index < -0.39 is 0 Å². The number of nitrogens with one attached hydrogen (secondary N) is 1. The fraction of sp³-hybridized carbons (Fsp3) is 0.455. The molecule has 1 heterocycles. The lowest BCUT2D eigenvalue weighted by Gasteiger charge is -2.32. The Morgan fingerprint density at radius 1 is 1.33 bits per heavy atom. The minimum Gasteiger partial charge on any atom is -0.397 e. The minimum atomic E-state index is 0.759. The van der Waals surface area contributed by atoms with Crippen LogP contribution in [0.3, 0.4) is 0 Å². The topological polar surface area (TPSA) is 33.7 Å². The number of quaternary nitrogens is 1. The molecule has 3 nitrogen and oxygen atoms in total. The van der Waals surface area contributed by atoms with Gasteiger partial charge in [-0.15, -0.1) is 0 Å². The number of nitrogens with zero attached hydrogens (tertiary/aromatic N) is 1. The van der Waals surface area contributed by atoms with Gasteiger partial charge in [0.2, 0.25) is 0 Å². The quantitative estimate of drug-likeness (QED) is 0.674. The van der Waals surface area contributed by atoms with Crippen molar-refractivity contribution in [2.45, 2.75) is 0 Å². The summed E-state index contributed by atoms with van der Waals surface area (Å²) in [6.45, 7) is 4.34. The van der Waals surface area contributed by atoms with Crippen LogP contribution in [0.2, 0.25) is 5.02 Å². The first-order valence-electron chi connectivity index (χ1n) is 5.28. The van der Waals surface area contributed by atoms with E-state index >= 15 is 0 Å². The fourth-order valence-electron chi connectivity index (χ4n) is 1.98. The number of rotatable bonds is 1. The molecule has 1 aliphatic heterocycles. The molecule has 0 aromatic heterocycles. The zero-order valence-electron chi connectivity index (χ0n) is 8.96. The summed E-state index contributed by atoms with van der Waals surface area (Å²) in [6, 6.07) is 5.70. The monoisotopic (exact) mass is 226 g/mol. The predicted octanol–water partition coefficient (Wildman–Crippen LogP) is 0.257. The van der Waals surface area contributed by atoms with E-state index in [1.165, 1.54) is 0 Å². The molecule has 0 amide bonds. The molecular formula is C11H17ClN3+. The van der Waals surface area contributed by atoms with E-state index in [0.717, 1.165) is 42.6 Å². The molecule has 0 unspecified atom stereocenters. The van der Waals surface area contributed by atoms with E-state index in [0.29, 0.717) is 0 Å². The van der Waals surface area contributed by atoms with Gasteiger partial charge in [0.15, 0.2) is 0 Å². The summed E-state index contributed by atoms with van der Waals surface area (Å²) in [5.41, 5.74) is 7.74. The maximum Gasteiger partial charge on any atom is 0.0947 e. The third-order valence-corrected chi connectivity index (χ3v) is 3.26. The van der Waals surface area contributed by atoms with Crippen molar-refractivity contribution in [3.05, 3.63) is 23.2 Å². The molecule has 1 aliphatic rings. The third-order valence-electron chi connectivity index (χ3n) is 2.95. The Morgan fingerprint density at radius 2 is 2.00 bits per heavy atom. The van der Waals surface area contributed by atoms with Gasteiger partial charge >= 0.3 is 0 Å². The minimum absolute atomic E-state index is 0.759. The largest absolute Gasteiger partial charge is 0.397 e. The Kier molecular flexibility index (Phi) is 3.03. The van der Waals surface area contributed by atoms with Gasteiger partial charge in [-0.1, -0.05) is 17.7 Å². The van der Waals surface area contributed by atoms with Crippen LogP contribution in [0, 0.1) is 0 Å². The second-order valence-corrected chi connectivity index (χ2v) is 4.53. The SMILES string of the molecule is C[NH+]1CCN(c2c(N)cccc2Cl)CC1. The van der Waals surface area contributed by atoms with Gasteiger partial charge in [-0.3, -0.25) is 0 Å². The van der Waals surface area contributed by atoms with Crippen molar-refractivity contribution in [1.82, 2.24) is 0 Å². The lowest BCUT2D eigenvalue weighted by Crippen LogP contribution is -3.12. The summed E-state index contributed by atoms with van der Waals surface area (Å²) in [6.07, 6.45) is 0. The van der Waals surface area contributed by atoms with Crippen LogP contribution in [0.15, 0.2) is 18.2 Å². The summed E-state index contributed by atoms with van der Waals surface area (Å²) in [5, 5.41) is 0.759. The van der Waals surface area contributed by atoms with Crippen molar-refractivity contribution >= 4 is 23.0 Å². The average molecular weight is 227 g/mol. The molecule has 0 saturated carbocycles. The standard InChI is InChI=1S/C11H16ClN3/c1-14-5-7-15(8-6-14)11-9(12)3-2-4-10(11)13/h2-4H,5-8,13H2,1H3/p+1. The van der Waals surface area contributed by atoms with Crippen LogP contribution in [0.4, 0.5) is 11.4 Å². The number of anilines is 2. The molecule has 82 valence electrons. The first-order valence-corrected chi connectivity index (χ1v) is 5.66. The number of nitrogen functional groups attached to an aromatic ring is 1. The van der Waals surface area contributed by atoms with Crippen molar-refractivity contribution in [2.24, 2.45) is 0 Å². The van der Waals surface area contributed by atoms with E-state index in [1.807, 2.05) is 18.2 Å². The summed E-state index contributed by atoms with van der Waals surface area (Å²) < 4.78 is 0. The highest BCUT2D eigenvalue weighted by Crippen LogP contribution is 2.31. The molecule has 1 aromatic rings. The van der Waals surface area contributed by atoms with Crippen LogP contribution < -0.4 is 15.5 Å². The number of para-hydroxylation sites is 1. The van der Waals surface area contributed by atoms with Crippen LogP contribution in [-0.4, -0.2) is 33.2 Å². The predicted molar refractivity (Wildman–Crippen MR) is 64.7 cm³/mol. The van der Waals surface area contributed by atoms with Crippen molar-refractivity contribution in [1.29, 1.82) is 0 Å². The number of hydrogen-bond acceptors (Lipinski definition) is 2. The summed E-state index contributed by atoms with van der Waals surface area (Å²) >= 11 is 6.17. The van der Waals surface area contributed by atoms with E-state index in [2.05, 4.69) is 11.9 Å². The van der Waals surface area contributed by atoms with Crippen molar-refractivity contribution in [2.75, 3.05) is 43.9 Å². The van der Waals surface area contributed by atoms with Gasteiger partial charge in [0, 0.05) is 0 Å². The van der Waals surface area contributed by atoms with Gasteiger partial charge in [0.25, 0.3) is 0 Å². The maximum atomic E-state index is 6.17. The van der Waals surface area contributed by atoms with Crippen LogP contribution in [-0.2, 0) is 0 Å². The van der Waals surface area contributed by atoms with Gasteiger partial charge in [0.05, 0.1) is 49.6 Å². The molecule has 4 heteroatoms. The molecular weight excluding hydrogens is 210 g/mol. The molecule has 0 aliphatic carbocycles. The first-order chi connectivity index (χ1) is 7.18. The van der Waals surface area contributed by atoms with Crippen molar-refractivity contribution in [3.63, 3.8) is 0 Å². The molecule has 2 rings (SSSR count). The van der Waals surface area contributed by atoms with Crippen LogP contribution >= 0.6 is 11.6 Å². The maximum absolute atomic E-state index is 6.17. The van der Waals surface area contributed by atoms with E-state index in [-0.39, 0.29) is 0 Å². The summed E-state index contributed by atoms with van der Waals surface area (Å²) in [5.74, 6) is 0. The second-order valence-electron chi connectivity index (χ2n) is 4.12. The Morgan fingerprint density at radius 3 is 2.60 bits per heavy atom. The number of benzene rings is 1. The molecule has 0 atom stereocenters. The molecule has 0 radical (unpaired) electrons. The molecule has 3 N–H and O–H groups in total. The van der Waals surface area contributed by atoms with Crippen molar-refractivity contribution in [3.8, 4) is 0 Å². The Bertz CT molecular complexity index is 325. The molecule has 15 heavy (non-hydrogen) atoms. The van der Waals surface area contributed by atoms with E-state index in [1.54, 1.807) is 4.90 Å². The molecule has 1 saturated heterocycles. The van der Waals surface area contributed by atoms with Gasteiger partial charge in [-0.2, -0.15) is 0 Å². The number of halogens is 1. The summed E-state index contributed by atoms with van der Waals surface area (Å²) in [4.78, 5) is 3.85. The van der Waals surface area contributed by atoms with E-state index in [9.17, 15) is 0 Å². The van der Waals surface area contributed by atoms with Gasteiger partial charge in [-0.05, 0) is 12.1 Å². The average Bonchev–Trinajstić information content (AvgIpc) is 2.20. The number of nitrogens with two attached hydrogens (primary N) is 1. The molecule has 1 fully saturated rings. The lowest BCUT2D eigenvalue weighted by atomic mass is 10.2. The highest BCUT2D eigenvalue weighted by atomic mass is 35.5. The van der Waals surface area contributed by atoms with Crippen molar-refractivity contribution < 1.29 is 4.90 Å². The van der Waals surface area contributed by atoms with Gasteiger partial charge in [0.1, 0.15) is 0 Å². The highest BCUT2D eigenvalue weighted by molar-refractivity contribution is 6.34. The Balaban J connectivity index is 2.22. The smallest absolute Gasteiger partial charge is 0.0947 e. The van der Waals surface area contributed by atoms with Crippen LogP contribution in [0.5, 0.6) is 0 Å². The first kappa shape index (κ1) is 10.6. The summed E-state index contributed by atoms with van der Waals surface area (Å²) in [7, 11) is 2.22. The number of hydrogen-bond donors (Lipinski definition) is 2. The van der Waals surface area contributed by atoms with Gasteiger partial charge in [-0.25, -0.2) is 0 Å². The molecule has 0 spiro atoms. The number of piperazine rings is 1. The second kappa shape index (κ2) is 4.29. The van der Waals surface area contributed by atoms with Gasteiger partial charge < -0.3 is 15.5 Å². The zero-order chi connectivity index (χ0) is 10.8. The lowest BCUT2D eigenvalue weighted by molar-refractivity contribution is -0.880. The van der Waals surface area contributed by atoms with E-state index in [4.69, 9.17) is 17.3 Å². The van der Waals surface area contributed by atoms with Crippen LogP contribution in [0.25, 0.3) is 0 Å².